The molecule has 1 aliphatic rings. The van der Waals surface area contributed by atoms with E-state index in [1.807, 2.05) is 18.2 Å². The number of fused-ring (bicyclic) bond motifs is 1. The van der Waals surface area contributed by atoms with Crippen LogP contribution in [0.3, 0.4) is 0 Å². The Bertz CT molecular complexity index is 760. The van der Waals surface area contributed by atoms with Crippen molar-refractivity contribution in [2.24, 2.45) is 11.8 Å². The van der Waals surface area contributed by atoms with Gasteiger partial charge in [0.05, 0.1) is 5.92 Å². The van der Waals surface area contributed by atoms with Gasteiger partial charge >= 0.3 is 0 Å². The van der Waals surface area contributed by atoms with Crippen LogP contribution in [0, 0.1) is 5.92 Å². The van der Waals surface area contributed by atoms with E-state index in [9.17, 15) is 4.79 Å². The number of nitrogens with zero attached hydrogens (tertiary/aromatic N) is 1. The quantitative estimate of drug-likeness (QED) is 0.367. The SMILES string of the molecule is C=CCOc1ccc2ccccc2c1CN1CCCC(C(=O)NN)C1. The van der Waals surface area contributed by atoms with Crippen LogP contribution >= 0.6 is 0 Å². The lowest BCUT2D eigenvalue weighted by Crippen LogP contribution is -2.44. The number of amides is 1. The Morgan fingerprint density at radius 2 is 2.20 bits per heavy atom. The molecule has 1 saturated heterocycles. The molecule has 0 radical (unpaired) electrons. The van der Waals surface area contributed by atoms with Crippen molar-refractivity contribution in [3.63, 3.8) is 0 Å². The average Bonchev–Trinajstić information content (AvgIpc) is 2.67. The van der Waals surface area contributed by atoms with Gasteiger partial charge in [0.15, 0.2) is 0 Å². The maximum atomic E-state index is 11.9. The van der Waals surface area contributed by atoms with Gasteiger partial charge in [-0.1, -0.05) is 43.0 Å². The number of likely N-dealkylation sites (tertiary alicyclic amines) is 1. The summed E-state index contributed by atoms with van der Waals surface area (Å²) in [6.07, 6.45) is 3.63. The second-order valence-electron chi connectivity index (χ2n) is 6.45. The molecule has 1 heterocycles. The summed E-state index contributed by atoms with van der Waals surface area (Å²) >= 11 is 0. The highest BCUT2D eigenvalue weighted by atomic mass is 16.5. The number of carbonyl (C=O) groups is 1. The first-order valence-electron chi connectivity index (χ1n) is 8.70. The predicted octanol–water partition coefficient (Wildman–Crippen LogP) is 2.61. The summed E-state index contributed by atoms with van der Waals surface area (Å²) in [6, 6.07) is 12.4. The van der Waals surface area contributed by atoms with Gasteiger partial charge in [0.25, 0.3) is 0 Å². The Kier molecular flexibility index (Phi) is 5.68. The van der Waals surface area contributed by atoms with E-state index in [0.717, 1.165) is 37.2 Å². The Labute approximate surface area is 148 Å². The van der Waals surface area contributed by atoms with Gasteiger partial charge in [0.1, 0.15) is 12.4 Å². The second-order valence-corrected chi connectivity index (χ2v) is 6.45. The first kappa shape index (κ1) is 17.5. The molecular formula is C20H25N3O2. The van der Waals surface area contributed by atoms with Gasteiger partial charge in [-0.05, 0) is 36.2 Å². The zero-order chi connectivity index (χ0) is 17.6. The number of hydrogen-bond donors (Lipinski definition) is 2. The summed E-state index contributed by atoms with van der Waals surface area (Å²) in [4.78, 5) is 14.2. The number of hydrazine groups is 1. The van der Waals surface area contributed by atoms with Gasteiger partial charge in [-0.2, -0.15) is 0 Å². The number of ether oxygens (including phenoxy) is 1. The molecule has 0 bridgehead atoms. The van der Waals surface area contributed by atoms with E-state index in [-0.39, 0.29) is 11.8 Å². The van der Waals surface area contributed by atoms with Gasteiger partial charge < -0.3 is 4.74 Å². The Hall–Kier alpha value is -2.37. The standard InChI is InChI=1S/C20H25N3O2/c1-2-12-25-19-10-9-15-6-3-4-8-17(15)18(19)14-23-11-5-7-16(13-23)20(24)22-21/h2-4,6,8-10,16H,1,5,7,11-14,21H2,(H,22,24). The van der Waals surface area contributed by atoms with Crippen molar-refractivity contribution < 1.29 is 9.53 Å². The lowest BCUT2D eigenvalue weighted by molar-refractivity contribution is -0.126. The summed E-state index contributed by atoms with van der Waals surface area (Å²) in [7, 11) is 0. The third kappa shape index (κ3) is 4.00. The van der Waals surface area contributed by atoms with Crippen LogP contribution in [0.5, 0.6) is 5.75 Å². The molecule has 5 nitrogen and oxygen atoms in total. The Morgan fingerprint density at radius 1 is 1.36 bits per heavy atom. The van der Waals surface area contributed by atoms with E-state index in [2.05, 4.69) is 35.1 Å². The zero-order valence-corrected chi connectivity index (χ0v) is 14.4. The van der Waals surface area contributed by atoms with Gasteiger partial charge in [-0.15, -0.1) is 0 Å². The highest BCUT2D eigenvalue weighted by Gasteiger charge is 2.26. The van der Waals surface area contributed by atoms with Crippen molar-refractivity contribution >= 4 is 16.7 Å². The predicted molar refractivity (Wildman–Crippen MR) is 100.0 cm³/mol. The van der Waals surface area contributed by atoms with E-state index < -0.39 is 0 Å². The molecule has 0 spiro atoms. The van der Waals surface area contributed by atoms with Crippen LogP contribution in [0.15, 0.2) is 49.1 Å². The van der Waals surface area contributed by atoms with Gasteiger partial charge in [-0.3, -0.25) is 15.1 Å². The topological polar surface area (TPSA) is 67.6 Å². The molecule has 132 valence electrons. The number of nitrogens with one attached hydrogen (secondary N) is 1. The number of hydrogen-bond acceptors (Lipinski definition) is 4. The minimum Gasteiger partial charge on any atom is -0.489 e. The Morgan fingerprint density at radius 3 is 3.00 bits per heavy atom. The number of rotatable bonds is 6. The fraction of sp³-hybridized carbons (Fsp3) is 0.350. The molecule has 1 unspecified atom stereocenters. The molecule has 2 aromatic carbocycles. The summed E-state index contributed by atoms with van der Waals surface area (Å²) < 4.78 is 5.89. The van der Waals surface area contributed by atoms with Crippen molar-refractivity contribution in [1.82, 2.24) is 10.3 Å². The Balaban J connectivity index is 1.88. The summed E-state index contributed by atoms with van der Waals surface area (Å²) in [6.45, 7) is 6.64. The highest BCUT2D eigenvalue weighted by molar-refractivity contribution is 5.87. The first-order chi connectivity index (χ1) is 12.2. The van der Waals surface area contributed by atoms with Crippen molar-refractivity contribution in [3.05, 3.63) is 54.6 Å². The molecule has 2 aromatic rings. The third-order valence-electron chi connectivity index (χ3n) is 4.75. The highest BCUT2D eigenvalue weighted by Crippen LogP contribution is 2.31. The zero-order valence-electron chi connectivity index (χ0n) is 14.4. The number of benzene rings is 2. The minimum absolute atomic E-state index is 0.0498. The summed E-state index contributed by atoms with van der Waals surface area (Å²) in [5.74, 6) is 6.06. The van der Waals surface area contributed by atoms with Gasteiger partial charge in [-0.25, -0.2) is 5.84 Å². The fourth-order valence-corrected chi connectivity index (χ4v) is 3.52. The van der Waals surface area contributed by atoms with Crippen LogP contribution in [-0.2, 0) is 11.3 Å². The van der Waals surface area contributed by atoms with Crippen molar-refractivity contribution in [2.45, 2.75) is 19.4 Å². The maximum absolute atomic E-state index is 11.9. The number of nitrogens with two attached hydrogens (primary N) is 1. The second kappa shape index (κ2) is 8.14. The van der Waals surface area contributed by atoms with Crippen molar-refractivity contribution in [1.29, 1.82) is 0 Å². The first-order valence-corrected chi connectivity index (χ1v) is 8.70. The maximum Gasteiger partial charge on any atom is 0.238 e. The largest absolute Gasteiger partial charge is 0.489 e. The molecule has 1 aliphatic heterocycles. The monoisotopic (exact) mass is 339 g/mol. The lowest BCUT2D eigenvalue weighted by atomic mass is 9.96. The molecule has 3 N–H and O–H groups in total. The molecule has 0 aliphatic carbocycles. The van der Waals surface area contributed by atoms with Crippen LogP contribution < -0.4 is 16.0 Å². The third-order valence-corrected chi connectivity index (χ3v) is 4.75. The smallest absolute Gasteiger partial charge is 0.238 e. The number of carbonyl (C=O) groups excluding carboxylic acids is 1. The van der Waals surface area contributed by atoms with E-state index in [1.54, 1.807) is 6.08 Å². The van der Waals surface area contributed by atoms with Crippen molar-refractivity contribution in [3.8, 4) is 5.75 Å². The molecular weight excluding hydrogens is 314 g/mol. The van der Waals surface area contributed by atoms with E-state index in [0.29, 0.717) is 13.2 Å². The van der Waals surface area contributed by atoms with Gasteiger partial charge in [0, 0.05) is 18.7 Å². The number of piperidine rings is 1. The fourth-order valence-electron chi connectivity index (χ4n) is 3.52. The molecule has 1 fully saturated rings. The van der Waals surface area contributed by atoms with E-state index in [4.69, 9.17) is 10.6 Å². The van der Waals surface area contributed by atoms with Crippen LogP contribution in [0.2, 0.25) is 0 Å². The summed E-state index contributed by atoms with van der Waals surface area (Å²) in [5, 5.41) is 2.38. The van der Waals surface area contributed by atoms with Gasteiger partial charge in [0.2, 0.25) is 5.91 Å². The molecule has 0 aromatic heterocycles. The average molecular weight is 339 g/mol. The summed E-state index contributed by atoms with van der Waals surface area (Å²) in [5.41, 5.74) is 3.45. The van der Waals surface area contributed by atoms with Crippen LogP contribution in [0.4, 0.5) is 0 Å². The molecule has 5 heteroatoms. The molecule has 0 saturated carbocycles. The van der Waals surface area contributed by atoms with Crippen LogP contribution in [-0.4, -0.2) is 30.5 Å². The van der Waals surface area contributed by atoms with Crippen LogP contribution in [0.25, 0.3) is 10.8 Å². The molecule has 3 rings (SSSR count). The molecule has 25 heavy (non-hydrogen) atoms. The van der Waals surface area contributed by atoms with Crippen molar-refractivity contribution in [2.75, 3.05) is 19.7 Å². The van der Waals surface area contributed by atoms with E-state index in [1.165, 1.54) is 10.8 Å². The molecule has 1 amide bonds. The minimum atomic E-state index is -0.0780. The van der Waals surface area contributed by atoms with Crippen LogP contribution in [0.1, 0.15) is 18.4 Å². The normalized spacial score (nSPS) is 18.0. The van der Waals surface area contributed by atoms with E-state index >= 15 is 0 Å². The lowest BCUT2D eigenvalue weighted by Gasteiger charge is -2.32. The molecule has 1 atom stereocenters.